The summed E-state index contributed by atoms with van der Waals surface area (Å²) in [6.45, 7) is 2.06. The van der Waals surface area contributed by atoms with Crippen LogP contribution in [0.5, 0.6) is 0 Å². The maximum Gasteiger partial charge on any atom is 0.268 e. The molecule has 1 heterocycles. The molecule has 3 aromatic rings. The lowest BCUT2D eigenvalue weighted by Crippen LogP contribution is -2.51. The Hall–Kier alpha value is -4.56. The smallest absolute Gasteiger partial charge is 0.268 e. The summed E-state index contributed by atoms with van der Waals surface area (Å²) in [5, 5.41) is 26.6. The molecule has 38 heavy (non-hydrogen) atoms. The summed E-state index contributed by atoms with van der Waals surface area (Å²) >= 11 is 0. The average molecular weight is 518 g/mol. The van der Waals surface area contributed by atoms with E-state index in [2.05, 4.69) is 32.8 Å². The number of nitrogens with one attached hydrogen (secondary N) is 4. The van der Waals surface area contributed by atoms with Gasteiger partial charge in [0.25, 0.3) is 11.8 Å². The van der Waals surface area contributed by atoms with Crippen molar-refractivity contribution in [1.82, 2.24) is 21.1 Å². The van der Waals surface area contributed by atoms with Crippen LogP contribution in [-0.2, 0) is 16.1 Å². The van der Waals surface area contributed by atoms with Crippen molar-refractivity contribution in [3.05, 3.63) is 95.3 Å². The van der Waals surface area contributed by atoms with E-state index in [4.69, 9.17) is 5.21 Å². The monoisotopic (exact) mass is 517 g/mol. The highest BCUT2D eigenvalue weighted by Crippen LogP contribution is 2.10. The number of hydrogen-bond donors (Lipinski definition) is 6. The Bertz CT molecular complexity index is 1270. The van der Waals surface area contributed by atoms with E-state index in [1.54, 1.807) is 48.8 Å². The number of pyridine rings is 1. The van der Waals surface area contributed by atoms with Gasteiger partial charge >= 0.3 is 0 Å². The lowest BCUT2D eigenvalue weighted by molar-refractivity contribution is -0.133. The van der Waals surface area contributed by atoms with E-state index in [9.17, 15) is 19.5 Å². The van der Waals surface area contributed by atoms with Crippen molar-refractivity contribution in [3.8, 4) is 11.8 Å². The van der Waals surface area contributed by atoms with Gasteiger partial charge in [-0.25, -0.2) is 5.48 Å². The Balaban J connectivity index is 0.00000507. The van der Waals surface area contributed by atoms with Crippen molar-refractivity contribution in [1.29, 1.82) is 0 Å². The number of amides is 3. The van der Waals surface area contributed by atoms with Crippen molar-refractivity contribution in [2.75, 3.05) is 11.9 Å². The molecule has 0 aliphatic rings. The molecule has 6 N–H and O–H groups in total. The largest absolute Gasteiger partial charge is 0.391 e. The van der Waals surface area contributed by atoms with Crippen LogP contribution in [0.4, 0.5) is 5.69 Å². The lowest BCUT2D eigenvalue weighted by Gasteiger charge is -2.19. The highest BCUT2D eigenvalue weighted by molar-refractivity contribution is 5.97. The topological polar surface area (TPSA) is 153 Å². The summed E-state index contributed by atoms with van der Waals surface area (Å²) < 4.78 is 0. The molecule has 1 aromatic heterocycles. The molecule has 0 saturated carbocycles. The Labute approximate surface area is 221 Å². The number of hydrogen-bond acceptors (Lipinski definition) is 7. The fraction of sp³-hybridized carbons (Fsp3) is 0.214. The first-order chi connectivity index (χ1) is 17.9. The Morgan fingerprint density at radius 2 is 1.50 bits per heavy atom. The summed E-state index contributed by atoms with van der Waals surface area (Å²) in [5.41, 5.74) is 4.77. The normalized spacial score (nSPS) is 11.6. The third-order valence-electron chi connectivity index (χ3n) is 5.19. The van der Waals surface area contributed by atoms with Crippen LogP contribution in [0.25, 0.3) is 0 Å². The number of nitrogens with zero attached hydrogens (tertiary/aromatic N) is 1. The predicted molar refractivity (Wildman–Crippen MR) is 143 cm³/mol. The molecule has 0 bridgehead atoms. The van der Waals surface area contributed by atoms with E-state index in [1.807, 2.05) is 12.1 Å². The van der Waals surface area contributed by atoms with Crippen LogP contribution in [0.3, 0.4) is 0 Å². The van der Waals surface area contributed by atoms with Crippen molar-refractivity contribution in [3.63, 3.8) is 0 Å². The molecule has 0 saturated heterocycles. The first kappa shape index (κ1) is 29.7. The van der Waals surface area contributed by atoms with E-state index in [0.29, 0.717) is 17.8 Å². The molecule has 0 spiro atoms. The van der Waals surface area contributed by atoms with Crippen LogP contribution in [0.2, 0.25) is 0 Å². The second kappa shape index (κ2) is 14.9. The molecule has 3 amide bonds. The van der Waals surface area contributed by atoms with Crippen LogP contribution in [0.1, 0.15) is 41.4 Å². The summed E-state index contributed by atoms with van der Waals surface area (Å²) in [4.78, 5) is 40.0. The molecule has 0 radical (unpaired) electrons. The Morgan fingerprint density at radius 1 is 0.921 bits per heavy atom. The van der Waals surface area contributed by atoms with Crippen LogP contribution in [0, 0.1) is 11.8 Å². The lowest BCUT2D eigenvalue weighted by atomic mass is 10.1. The summed E-state index contributed by atoms with van der Waals surface area (Å²) in [5.74, 6) is 4.35. The zero-order valence-electron chi connectivity index (χ0n) is 20.1. The first-order valence-electron chi connectivity index (χ1n) is 11.4. The van der Waals surface area contributed by atoms with Crippen molar-refractivity contribution in [2.45, 2.75) is 33.0 Å². The summed E-state index contributed by atoms with van der Waals surface area (Å²) in [6.07, 6.45) is 2.21. The maximum absolute atomic E-state index is 12.3. The number of aromatic nitrogens is 1. The van der Waals surface area contributed by atoms with Gasteiger partial charge in [0.05, 0.1) is 12.6 Å². The third-order valence-corrected chi connectivity index (χ3v) is 5.19. The van der Waals surface area contributed by atoms with Gasteiger partial charge in [0.1, 0.15) is 6.04 Å². The zero-order valence-corrected chi connectivity index (χ0v) is 20.1. The van der Waals surface area contributed by atoms with E-state index in [0.717, 1.165) is 11.1 Å². The van der Waals surface area contributed by atoms with Crippen molar-refractivity contribution < 1.29 is 24.7 Å². The van der Waals surface area contributed by atoms with Gasteiger partial charge in [0.2, 0.25) is 5.91 Å². The van der Waals surface area contributed by atoms with E-state index in [1.165, 1.54) is 24.5 Å². The van der Waals surface area contributed by atoms with Crippen molar-refractivity contribution in [2.24, 2.45) is 0 Å². The molecule has 3 rings (SSSR count). The number of aliphatic hydroxyl groups excluding tert-OH is 1. The van der Waals surface area contributed by atoms with Gasteiger partial charge in [0, 0.05) is 41.3 Å². The van der Waals surface area contributed by atoms with Crippen LogP contribution < -0.4 is 21.4 Å². The second-order valence-corrected chi connectivity index (χ2v) is 8.08. The van der Waals surface area contributed by atoms with Gasteiger partial charge in [0.15, 0.2) is 0 Å². The Kier molecular flexibility index (Phi) is 11.6. The van der Waals surface area contributed by atoms with E-state index >= 15 is 0 Å². The summed E-state index contributed by atoms with van der Waals surface area (Å²) in [7, 11) is 0. The molecule has 198 valence electrons. The number of benzene rings is 2. The fourth-order valence-corrected chi connectivity index (χ4v) is 3.21. The number of carbonyl (C=O) groups excluding carboxylic acids is 3. The molecular weight excluding hydrogens is 486 g/mol. The molecule has 0 unspecified atom stereocenters. The molecular formula is C28H31N5O5. The fourth-order valence-electron chi connectivity index (χ4n) is 3.21. The SMILES string of the molecule is C.C[C@@H](O)[C@H](NC(=O)c1ccc(C#Cc2ccc(NC(=O)CNCc3ccncc3)cc2)cc1)C(=O)NO. The molecule has 0 aliphatic carbocycles. The number of anilines is 1. The highest BCUT2D eigenvalue weighted by Gasteiger charge is 2.25. The zero-order chi connectivity index (χ0) is 26.6. The highest BCUT2D eigenvalue weighted by atomic mass is 16.5. The second-order valence-electron chi connectivity index (χ2n) is 8.08. The Morgan fingerprint density at radius 3 is 2.05 bits per heavy atom. The standard InChI is InChI=1S/C27H27N5O5.CH4/c1-18(33)25(27(36)32-37)31-26(35)22-8-4-19(5-9-22)2-3-20-6-10-23(11-7-20)30-24(34)17-29-16-21-12-14-28-15-13-21;/h4-15,18,25,29,33,37H,16-17H2,1H3,(H,30,34)(H,31,35)(H,32,36);1H4/t18-,25+;/m1./s1. The van der Waals surface area contributed by atoms with Gasteiger partial charge in [-0.15, -0.1) is 0 Å². The first-order valence-corrected chi connectivity index (χ1v) is 11.4. The van der Waals surface area contributed by atoms with Gasteiger partial charge in [-0.05, 0) is 73.2 Å². The molecule has 2 atom stereocenters. The minimum atomic E-state index is -1.30. The average Bonchev–Trinajstić information content (AvgIpc) is 2.91. The quantitative estimate of drug-likeness (QED) is 0.144. The minimum absolute atomic E-state index is 0. The van der Waals surface area contributed by atoms with Gasteiger partial charge in [-0.3, -0.25) is 24.6 Å². The maximum atomic E-state index is 12.3. The predicted octanol–water partition coefficient (Wildman–Crippen LogP) is 1.83. The minimum Gasteiger partial charge on any atom is -0.391 e. The molecule has 10 nitrogen and oxygen atoms in total. The number of aliphatic hydroxyl groups is 1. The van der Waals surface area contributed by atoms with E-state index in [-0.39, 0.29) is 25.4 Å². The molecule has 2 aromatic carbocycles. The van der Waals surface area contributed by atoms with Crippen LogP contribution in [-0.4, -0.2) is 51.7 Å². The molecule has 0 fully saturated rings. The van der Waals surface area contributed by atoms with Gasteiger partial charge in [-0.1, -0.05) is 19.3 Å². The van der Waals surface area contributed by atoms with Gasteiger partial charge < -0.3 is 21.1 Å². The number of hydroxylamine groups is 1. The van der Waals surface area contributed by atoms with Gasteiger partial charge in [-0.2, -0.15) is 0 Å². The van der Waals surface area contributed by atoms with E-state index < -0.39 is 24.0 Å². The van der Waals surface area contributed by atoms with Crippen LogP contribution in [0.15, 0.2) is 73.1 Å². The molecule has 10 heteroatoms. The number of rotatable bonds is 9. The van der Waals surface area contributed by atoms with Crippen molar-refractivity contribution >= 4 is 23.4 Å². The molecule has 0 aliphatic heterocycles. The number of carbonyl (C=O) groups is 3. The third kappa shape index (κ3) is 9.15. The summed E-state index contributed by atoms with van der Waals surface area (Å²) in [6, 6.07) is 15.9. The van der Waals surface area contributed by atoms with Crippen LogP contribution >= 0.6 is 0 Å².